The number of hydrogen-bond acceptors (Lipinski definition) is 3. The molecule has 5 heteroatoms. The van der Waals surface area contributed by atoms with Crippen LogP contribution in [-0.2, 0) is 4.79 Å². The molecule has 4 aliphatic rings. The molecule has 2 fully saturated rings. The fourth-order valence-electron chi connectivity index (χ4n) is 5.10. The summed E-state index contributed by atoms with van der Waals surface area (Å²) in [6, 6.07) is 6.67. The van der Waals surface area contributed by atoms with Gasteiger partial charge in [-0.1, -0.05) is 0 Å². The average molecular weight is 427 g/mol. The Morgan fingerprint density at radius 1 is 1.13 bits per heavy atom. The van der Waals surface area contributed by atoms with E-state index in [2.05, 4.69) is 29.6 Å². The van der Waals surface area contributed by atoms with Crippen LogP contribution in [0.3, 0.4) is 0 Å². The number of hydrogen-bond donors (Lipinski definition) is 1. The molecule has 1 aromatic rings. The predicted octanol–water partition coefficient (Wildman–Crippen LogP) is 2.89. The van der Waals surface area contributed by atoms with E-state index in [1.165, 1.54) is 55.0 Å². The van der Waals surface area contributed by atoms with E-state index >= 15 is 0 Å². The summed E-state index contributed by atoms with van der Waals surface area (Å²) < 4.78 is 3.70. The molecule has 1 aliphatic carbocycles. The number of carbonyl (C=O) groups is 2. The molecule has 2 atom stereocenters. The van der Waals surface area contributed by atoms with E-state index in [0.29, 0.717) is 3.67 Å². The van der Waals surface area contributed by atoms with Crippen LogP contribution in [0.4, 0.5) is 4.79 Å². The molecule has 2 unspecified atom stereocenters. The molecule has 0 spiro atoms. The monoisotopic (exact) mass is 427 g/mol. The van der Waals surface area contributed by atoms with Crippen LogP contribution in [0.5, 0.6) is 0 Å². The maximum absolute atomic E-state index is 12.3. The Morgan fingerprint density at radius 3 is 2.65 bits per heavy atom. The van der Waals surface area contributed by atoms with Gasteiger partial charge < -0.3 is 0 Å². The molecule has 3 nitrogen and oxygen atoms in total. The zero-order chi connectivity index (χ0) is 15.6. The fraction of sp³-hybridized carbons (Fsp3) is 0.444. The molecule has 116 valence electrons. The van der Waals surface area contributed by atoms with Crippen LogP contribution in [0.2, 0.25) is 0 Å². The molecular formula is C18H18InNO2S. The van der Waals surface area contributed by atoms with E-state index in [4.69, 9.17) is 0 Å². The van der Waals surface area contributed by atoms with Gasteiger partial charge in [0.25, 0.3) is 0 Å². The number of carbonyl (C=O) groups excluding carboxylic acids is 2. The first-order chi connectivity index (χ1) is 11.2. The van der Waals surface area contributed by atoms with Crippen LogP contribution >= 0.6 is 11.8 Å². The van der Waals surface area contributed by atoms with E-state index < -0.39 is 21.4 Å². The molecule has 1 saturated carbocycles. The zero-order valence-corrected chi connectivity index (χ0v) is 17.0. The molecule has 1 aromatic carbocycles. The summed E-state index contributed by atoms with van der Waals surface area (Å²) in [6.07, 6.45) is 9.24. The van der Waals surface area contributed by atoms with Crippen LogP contribution in [0.1, 0.15) is 46.9 Å². The Labute approximate surface area is 147 Å². The molecule has 1 N–H and O–H groups in total. The Bertz CT molecular complexity index is 753. The average Bonchev–Trinajstić information content (AvgIpc) is 3.15. The summed E-state index contributed by atoms with van der Waals surface area (Å²) in [6.45, 7) is 0. The summed E-state index contributed by atoms with van der Waals surface area (Å²) in [7, 11) is 0. The van der Waals surface area contributed by atoms with Gasteiger partial charge in [0.15, 0.2) is 0 Å². The number of allylic oxidation sites excluding steroid dienone is 1. The quantitative estimate of drug-likeness (QED) is 0.790. The van der Waals surface area contributed by atoms with Gasteiger partial charge in [-0.2, -0.15) is 0 Å². The molecular weight excluding hydrogens is 409 g/mol. The van der Waals surface area contributed by atoms with Crippen LogP contribution in [-0.4, -0.2) is 37.8 Å². The molecule has 0 aromatic heterocycles. The maximum atomic E-state index is 12.3. The molecule has 5 rings (SSSR count). The summed E-state index contributed by atoms with van der Waals surface area (Å²) in [5.74, 6) is 0.711. The van der Waals surface area contributed by atoms with E-state index in [1.807, 2.05) is 0 Å². The van der Waals surface area contributed by atoms with Gasteiger partial charge >= 0.3 is 148 Å². The van der Waals surface area contributed by atoms with Gasteiger partial charge in [0.2, 0.25) is 0 Å². The number of amides is 2. The first kappa shape index (κ1) is 14.6. The van der Waals surface area contributed by atoms with Gasteiger partial charge in [-0.05, 0) is 0 Å². The molecule has 0 radical (unpaired) electrons. The number of benzene rings is 1. The third-order valence-electron chi connectivity index (χ3n) is 6.02. The summed E-state index contributed by atoms with van der Waals surface area (Å²) in [5, 5.41) is 2.18. The van der Waals surface area contributed by atoms with Crippen LogP contribution in [0.25, 0.3) is 6.08 Å². The molecule has 2 amide bonds. The van der Waals surface area contributed by atoms with Gasteiger partial charge in [-0.15, -0.1) is 0 Å². The van der Waals surface area contributed by atoms with Crippen molar-refractivity contribution in [3.05, 3.63) is 32.7 Å². The zero-order valence-electron chi connectivity index (χ0n) is 12.9. The minimum absolute atomic E-state index is 0.0509. The van der Waals surface area contributed by atoms with Crippen molar-refractivity contribution < 1.29 is 9.59 Å². The van der Waals surface area contributed by atoms with Crippen molar-refractivity contribution in [2.75, 3.05) is 0 Å². The van der Waals surface area contributed by atoms with E-state index in [1.54, 1.807) is 6.65 Å². The molecule has 3 aliphatic heterocycles. The Hall–Kier alpha value is -0.680. The van der Waals surface area contributed by atoms with Gasteiger partial charge in [0.05, 0.1) is 0 Å². The first-order valence-electron chi connectivity index (χ1n) is 8.60. The van der Waals surface area contributed by atoms with Crippen molar-refractivity contribution in [3.63, 3.8) is 0 Å². The van der Waals surface area contributed by atoms with Crippen molar-refractivity contribution in [1.29, 1.82) is 0 Å². The Balaban J connectivity index is 1.55. The normalized spacial score (nSPS) is 29.2. The molecule has 1 saturated heterocycles. The van der Waals surface area contributed by atoms with Gasteiger partial charge in [-0.25, -0.2) is 0 Å². The van der Waals surface area contributed by atoms with Crippen molar-refractivity contribution in [2.45, 2.75) is 41.0 Å². The second-order valence-electron chi connectivity index (χ2n) is 7.15. The SMILES string of the molecule is O=C1NC(=O)C([CH]2c3ccc[c]4c3C=[C](C3CCCCC3)[In]42)S1. The first-order valence-corrected chi connectivity index (χ1v) is 14.7. The van der Waals surface area contributed by atoms with Crippen molar-refractivity contribution >= 4 is 53.7 Å². The number of rotatable bonds is 2. The molecule has 23 heavy (non-hydrogen) atoms. The third-order valence-corrected chi connectivity index (χ3v) is 19.3. The van der Waals surface area contributed by atoms with Gasteiger partial charge in [-0.3, -0.25) is 0 Å². The van der Waals surface area contributed by atoms with Crippen molar-refractivity contribution in [3.8, 4) is 0 Å². The second-order valence-corrected chi connectivity index (χ2v) is 16.7. The molecule has 3 heterocycles. The van der Waals surface area contributed by atoms with Crippen molar-refractivity contribution in [2.24, 2.45) is 5.92 Å². The van der Waals surface area contributed by atoms with E-state index in [9.17, 15) is 9.59 Å². The van der Waals surface area contributed by atoms with E-state index in [-0.39, 0.29) is 16.4 Å². The third kappa shape index (κ3) is 2.12. The predicted molar refractivity (Wildman–Crippen MR) is 94.0 cm³/mol. The van der Waals surface area contributed by atoms with Crippen LogP contribution in [0, 0.1) is 5.92 Å². The minimum atomic E-state index is -2.23. The fourth-order valence-corrected chi connectivity index (χ4v) is 20.3. The van der Waals surface area contributed by atoms with Crippen LogP contribution < -0.4 is 8.64 Å². The Morgan fingerprint density at radius 2 is 1.96 bits per heavy atom. The topological polar surface area (TPSA) is 46.2 Å². The number of imide groups is 1. The summed E-state index contributed by atoms with van der Waals surface area (Å²) >= 11 is -0.995. The van der Waals surface area contributed by atoms with Crippen molar-refractivity contribution in [1.82, 2.24) is 5.32 Å². The van der Waals surface area contributed by atoms with E-state index in [0.717, 1.165) is 5.92 Å². The standard InChI is InChI=1S/C18H18NO2S.In/c20-17-16(22-18(21)19-17)12-15-9-5-4-8-14(15)11-10-13-6-2-1-3-7-13;/h4-5,9,11-13,16H,1-3,6-7H2,(H,19,20,21);. The summed E-state index contributed by atoms with van der Waals surface area (Å²) in [5.41, 5.74) is 2.80. The summed E-state index contributed by atoms with van der Waals surface area (Å²) in [4.78, 5) is 24.0. The number of nitrogens with one attached hydrogen (secondary N) is 1. The second kappa shape index (κ2) is 5.42. The van der Waals surface area contributed by atoms with Crippen LogP contribution in [0.15, 0.2) is 21.5 Å². The number of thioether (sulfide) groups is 1. The molecule has 4 bridgehead atoms. The Kier molecular flexibility index (Phi) is 3.45. The van der Waals surface area contributed by atoms with Gasteiger partial charge in [0, 0.05) is 0 Å². The van der Waals surface area contributed by atoms with Gasteiger partial charge in [0.1, 0.15) is 0 Å².